The van der Waals surface area contributed by atoms with E-state index in [0.717, 1.165) is 11.1 Å². The number of hydrogen-bond donors (Lipinski definition) is 1. The van der Waals surface area contributed by atoms with E-state index < -0.39 is 10.7 Å². The third-order valence-electron chi connectivity index (χ3n) is 3.80. The molecule has 0 spiro atoms. The van der Waals surface area contributed by atoms with Gasteiger partial charge in [-0.3, -0.25) is 4.79 Å². The van der Waals surface area contributed by atoms with E-state index in [-0.39, 0.29) is 29.8 Å². The molecule has 9 heteroatoms. The molecule has 138 valence electrons. The predicted octanol–water partition coefficient (Wildman–Crippen LogP) is 3.56. The lowest BCUT2D eigenvalue weighted by atomic mass is 10.1. The first kappa shape index (κ1) is 18.5. The second kappa shape index (κ2) is 7.96. The van der Waals surface area contributed by atoms with Crippen molar-refractivity contribution >= 4 is 23.3 Å². The number of amides is 1. The summed E-state index contributed by atoms with van der Waals surface area (Å²) in [5.41, 5.74) is 2.06. The van der Waals surface area contributed by atoms with Crippen LogP contribution in [0.15, 0.2) is 54.7 Å². The zero-order chi connectivity index (χ0) is 19.4. The van der Waals surface area contributed by atoms with Gasteiger partial charge in [-0.25, -0.2) is 4.39 Å². The molecule has 0 aliphatic rings. The fraction of sp³-hybridized carbons (Fsp3) is 0.111. The Morgan fingerprint density at radius 3 is 2.37 bits per heavy atom. The van der Waals surface area contributed by atoms with Crippen LogP contribution in [0.2, 0.25) is 5.02 Å². The van der Waals surface area contributed by atoms with Crippen molar-refractivity contribution < 1.29 is 14.1 Å². The van der Waals surface area contributed by atoms with E-state index in [1.54, 1.807) is 36.4 Å². The first-order valence-corrected chi connectivity index (χ1v) is 8.29. The highest BCUT2D eigenvalue weighted by atomic mass is 35.5. The molecular weight excluding hydrogens is 375 g/mol. The molecule has 0 saturated carbocycles. The summed E-state index contributed by atoms with van der Waals surface area (Å²) in [6.45, 7) is 0.571. The molecule has 3 aromatic rings. The number of rotatable bonds is 6. The van der Waals surface area contributed by atoms with E-state index in [1.807, 2.05) is 0 Å². The van der Waals surface area contributed by atoms with Crippen molar-refractivity contribution in [3.05, 3.63) is 92.4 Å². The Bertz CT molecular complexity index is 971. The number of halogens is 2. The van der Waals surface area contributed by atoms with E-state index in [4.69, 9.17) is 11.6 Å². The standard InChI is InChI=1S/C18H14ClFN4O3/c19-16-11-23(22-17(16)24(26)27)10-13-1-5-14(6-2-13)18(25)21-9-12-3-7-15(20)8-4-12/h1-8,11H,9-10H2,(H,21,25). The van der Waals surface area contributed by atoms with E-state index in [2.05, 4.69) is 10.4 Å². The number of aromatic nitrogens is 2. The van der Waals surface area contributed by atoms with Crippen molar-refractivity contribution in [3.63, 3.8) is 0 Å². The van der Waals surface area contributed by atoms with Crippen LogP contribution < -0.4 is 5.32 Å². The Morgan fingerprint density at radius 2 is 1.78 bits per heavy atom. The molecule has 0 aliphatic heterocycles. The molecule has 0 atom stereocenters. The highest BCUT2D eigenvalue weighted by Crippen LogP contribution is 2.21. The normalized spacial score (nSPS) is 10.6. The van der Waals surface area contributed by atoms with Crippen LogP contribution in [0, 0.1) is 15.9 Å². The number of benzene rings is 2. The second-order valence-corrected chi connectivity index (χ2v) is 6.17. The van der Waals surface area contributed by atoms with Crippen LogP contribution in [0.5, 0.6) is 0 Å². The quantitative estimate of drug-likeness (QED) is 0.516. The molecule has 27 heavy (non-hydrogen) atoms. The van der Waals surface area contributed by atoms with Gasteiger partial charge in [-0.2, -0.15) is 4.68 Å². The molecular formula is C18H14ClFN4O3. The minimum absolute atomic E-state index is 0.0307. The van der Waals surface area contributed by atoms with Gasteiger partial charge in [0.2, 0.25) is 0 Å². The monoisotopic (exact) mass is 388 g/mol. The third kappa shape index (κ3) is 4.68. The maximum atomic E-state index is 12.9. The fourth-order valence-electron chi connectivity index (χ4n) is 2.43. The average molecular weight is 389 g/mol. The Balaban J connectivity index is 1.60. The molecule has 0 fully saturated rings. The van der Waals surface area contributed by atoms with E-state index >= 15 is 0 Å². The van der Waals surface area contributed by atoms with Gasteiger partial charge in [0.05, 0.1) is 17.8 Å². The maximum Gasteiger partial charge on any atom is 0.408 e. The summed E-state index contributed by atoms with van der Waals surface area (Å²) in [4.78, 5) is 22.3. The number of nitro groups is 1. The summed E-state index contributed by atoms with van der Waals surface area (Å²) in [7, 11) is 0. The van der Waals surface area contributed by atoms with Crippen LogP contribution in [-0.4, -0.2) is 20.6 Å². The van der Waals surface area contributed by atoms with Crippen molar-refractivity contribution in [2.75, 3.05) is 0 Å². The SMILES string of the molecule is O=C(NCc1ccc(F)cc1)c1ccc(Cn2cc(Cl)c([N+](=O)[O-])n2)cc1. The van der Waals surface area contributed by atoms with Crippen molar-refractivity contribution in [1.29, 1.82) is 0 Å². The molecule has 0 saturated heterocycles. The zero-order valence-corrected chi connectivity index (χ0v) is 14.7. The number of hydrogen-bond acceptors (Lipinski definition) is 4. The average Bonchev–Trinajstić information content (AvgIpc) is 3.02. The Labute approximate surface area is 158 Å². The predicted molar refractivity (Wildman–Crippen MR) is 97.0 cm³/mol. The first-order valence-electron chi connectivity index (χ1n) is 7.91. The summed E-state index contributed by atoms with van der Waals surface area (Å²) >= 11 is 5.77. The van der Waals surface area contributed by atoms with E-state index in [1.165, 1.54) is 23.0 Å². The van der Waals surface area contributed by atoms with Crippen LogP contribution in [0.1, 0.15) is 21.5 Å². The van der Waals surface area contributed by atoms with Crippen molar-refractivity contribution in [3.8, 4) is 0 Å². The van der Waals surface area contributed by atoms with Crippen molar-refractivity contribution in [2.45, 2.75) is 13.1 Å². The summed E-state index contributed by atoms with van der Waals surface area (Å²) in [6.07, 6.45) is 1.38. The molecule has 0 bridgehead atoms. The molecule has 3 rings (SSSR count). The van der Waals surface area contributed by atoms with Gasteiger partial charge in [-0.15, -0.1) is 0 Å². The lowest BCUT2D eigenvalue weighted by Gasteiger charge is -2.06. The number of carbonyl (C=O) groups excluding carboxylic acids is 1. The maximum absolute atomic E-state index is 12.9. The van der Waals surface area contributed by atoms with Crippen LogP contribution in [-0.2, 0) is 13.1 Å². The molecule has 2 aromatic carbocycles. The van der Waals surface area contributed by atoms with Crippen LogP contribution in [0.3, 0.4) is 0 Å². The minimum atomic E-state index is -0.645. The van der Waals surface area contributed by atoms with Gasteiger partial charge in [0, 0.05) is 12.1 Å². The molecule has 1 N–H and O–H groups in total. The summed E-state index contributed by atoms with van der Waals surface area (Å²) in [5, 5.41) is 17.3. The zero-order valence-electron chi connectivity index (χ0n) is 13.9. The first-order chi connectivity index (χ1) is 12.9. The Kier molecular flexibility index (Phi) is 5.46. The van der Waals surface area contributed by atoms with Gasteiger partial charge in [0.15, 0.2) is 5.02 Å². The van der Waals surface area contributed by atoms with Gasteiger partial charge < -0.3 is 15.4 Å². The molecule has 0 unspecified atom stereocenters. The largest absolute Gasteiger partial charge is 0.408 e. The number of nitrogens with one attached hydrogen (secondary N) is 1. The minimum Gasteiger partial charge on any atom is -0.358 e. The molecule has 0 aliphatic carbocycles. The van der Waals surface area contributed by atoms with Gasteiger partial charge >= 0.3 is 5.82 Å². The Hall–Kier alpha value is -3.26. The van der Waals surface area contributed by atoms with Crippen LogP contribution in [0.4, 0.5) is 10.2 Å². The van der Waals surface area contributed by atoms with Gasteiger partial charge in [0.1, 0.15) is 5.82 Å². The highest BCUT2D eigenvalue weighted by Gasteiger charge is 2.19. The smallest absolute Gasteiger partial charge is 0.358 e. The van der Waals surface area contributed by atoms with Crippen molar-refractivity contribution in [1.82, 2.24) is 15.1 Å². The van der Waals surface area contributed by atoms with Gasteiger partial charge in [-0.05, 0) is 40.3 Å². The molecule has 0 radical (unpaired) electrons. The van der Waals surface area contributed by atoms with Crippen LogP contribution in [0.25, 0.3) is 0 Å². The topological polar surface area (TPSA) is 90.1 Å². The summed E-state index contributed by atoms with van der Waals surface area (Å²) in [6, 6.07) is 12.6. The fourth-order valence-corrected chi connectivity index (χ4v) is 2.65. The molecule has 1 amide bonds. The van der Waals surface area contributed by atoms with Crippen molar-refractivity contribution in [2.24, 2.45) is 0 Å². The van der Waals surface area contributed by atoms with Gasteiger partial charge in [-0.1, -0.05) is 35.9 Å². The summed E-state index contributed by atoms with van der Waals surface area (Å²) in [5.74, 6) is -0.985. The summed E-state index contributed by atoms with van der Waals surface area (Å²) < 4.78 is 14.2. The number of carbonyl (C=O) groups is 1. The van der Waals surface area contributed by atoms with E-state index in [9.17, 15) is 19.3 Å². The Morgan fingerprint density at radius 1 is 1.15 bits per heavy atom. The second-order valence-electron chi connectivity index (χ2n) is 5.76. The lowest BCUT2D eigenvalue weighted by molar-refractivity contribution is -0.389. The third-order valence-corrected chi connectivity index (χ3v) is 4.07. The molecule has 1 aromatic heterocycles. The molecule has 7 nitrogen and oxygen atoms in total. The van der Waals surface area contributed by atoms with Crippen LogP contribution >= 0.6 is 11.6 Å². The molecule has 1 heterocycles. The highest BCUT2D eigenvalue weighted by molar-refractivity contribution is 6.32. The number of nitrogens with zero attached hydrogens (tertiary/aromatic N) is 3. The van der Waals surface area contributed by atoms with E-state index in [0.29, 0.717) is 5.56 Å². The lowest BCUT2D eigenvalue weighted by Crippen LogP contribution is -2.22. The van der Waals surface area contributed by atoms with Gasteiger partial charge in [0.25, 0.3) is 5.91 Å².